The van der Waals surface area contributed by atoms with Crippen LogP contribution >= 0.6 is 11.6 Å². The van der Waals surface area contributed by atoms with Gasteiger partial charge < -0.3 is 4.90 Å². The lowest BCUT2D eigenvalue weighted by molar-refractivity contribution is 0.583. The minimum Gasteiger partial charge on any atom is -0.344 e. The highest BCUT2D eigenvalue weighted by Gasteiger charge is 2.31. The highest BCUT2D eigenvalue weighted by atomic mass is 35.5. The van der Waals surface area contributed by atoms with Gasteiger partial charge in [0.05, 0.1) is 5.52 Å². The maximum absolute atomic E-state index is 6.23. The second-order valence-electron chi connectivity index (χ2n) is 6.25. The van der Waals surface area contributed by atoms with Gasteiger partial charge in [0.2, 0.25) is 0 Å². The summed E-state index contributed by atoms with van der Waals surface area (Å²) < 4.78 is 1.98. The molecule has 1 aromatic heterocycles. The van der Waals surface area contributed by atoms with Crippen molar-refractivity contribution < 1.29 is 0 Å². The van der Waals surface area contributed by atoms with Gasteiger partial charge >= 0.3 is 0 Å². The van der Waals surface area contributed by atoms with Crippen LogP contribution in [-0.2, 0) is 0 Å². The van der Waals surface area contributed by atoms with E-state index in [9.17, 15) is 0 Å². The molecule has 1 aliphatic rings. The molecule has 122 valence electrons. The van der Waals surface area contributed by atoms with E-state index in [1.54, 1.807) is 0 Å². The smallest absolute Gasteiger partial charge is 0.113 e. The molecule has 2 heterocycles. The van der Waals surface area contributed by atoms with Crippen LogP contribution in [0.5, 0.6) is 0 Å². The van der Waals surface area contributed by atoms with E-state index >= 15 is 0 Å². The molecule has 0 bridgehead atoms. The molecule has 0 saturated carbocycles. The van der Waals surface area contributed by atoms with E-state index < -0.39 is 0 Å². The van der Waals surface area contributed by atoms with Gasteiger partial charge in [0, 0.05) is 34.6 Å². The van der Waals surface area contributed by atoms with Crippen LogP contribution in [0, 0.1) is 0 Å². The molecular formula is C20H15ClN4. The first kappa shape index (κ1) is 14.5. The van der Waals surface area contributed by atoms with Crippen LogP contribution in [0.3, 0.4) is 0 Å². The van der Waals surface area contributed by atoms with Gasteiger partial charge in [0.1, 0.15) is 11.6 Å². The summed E-state index contributed by atoms with van der Waals surface area (Å²) in [5.74, 6) is 0. The Morgan fingerprint density at radius 3 is 2.20 bits per heavy atom. The first-order chi connectivity index (χ1) is 12.2. The topological polar surface area (TPSA) is 34.0 Å². The molecule has 0 radical (unpaired) electrons. The van der Waals surface area contributed by atoms with Gasteiger partial charge in [-0.25, -0.2) is 4.68 Å². The van der Waals surface area contributed by atoms with Crippen molar-refractivity contribution in [2.45, 2.75) is 6.04 Å². The second kappa shape index (κ2) is 5.33. The zero-order valence-corrected chi connectivity index (χ0v) is 14.4. The Balaban J connectivity index is 1.84. The normalized spacial score (nSPS) is 13.8. The van der Waals surface area contributed by atoms with Crippen molar-refractivity contribution in [2.24, 2.45) is 0 Å². The van der Waals surface area contributed by atoms with Gasteiger partial charge in [-0.1, -0.05) is 53.2 Å². The van der Waals surface area contributed by atoms with E-state index in [2.05, 4.69) is 70.8 Å². The molecule has 1 aliphatic heterocycles. The molecule has 0 N–H and O–H groups in total. The first-order valence-electron chi connectivity index (χ1n) is 8.16. The molecule has 0 amide bonds. The van der Waals surface area contributed by atoms with Gasteiger partial charge in [-0.2, -0.15) is 0 Å². The predicted molar refractivity (Wildman–Crippen MR) is 101 cm³/mol. The van der Waals surface area contributed by atoms with Gasteiger partial charge in [-0.3, -0.25) is 0 Å². The number of para-hydroxylation sites is 2. The van der Waals surface area contributed by atoms with E-state index in [1.165, 1.54) is 22.5 Å². The Bertz CT molecular complexity index is 1050. The quantitative estimate of drug-likeness (QED) is 0.496. The van der Waals surface area contributed by atoms with E-state index in [-0.39, 0.29) is 6.04 Å². The summed E-state index contributed by atoms with van der Waals surface area (Å²) >= 11 is 6.23. The summed E-state index contributed by atoms with van der Waals surface area (Å²) in [5, 5.41) is 9.50. The molecule has 5 heteroatoms. The Labute approximate surface area is 150 Å². The summed E-state index contributed by atoms with van der Waals surface area (Å²) in [5.41, 5.74) is 6.55. The number of hydrogen-bond donors (Lipinski definition) is 0. The SMILES string of the molecule is CN1c2ccccc2C(n2nnc3ccc(Cl)cc32)c2ccccc21. The predicted octanol–water partition coefficient (Wildman–Crippen LogP) is 4.80. The number of nitrogens with zero attached hydrogens (tertiary/aromatic N) is 4. The third kappa shape index (κ3) is 2.07. The van der Waals surface area contributed by atoms with Crippen molar-refractivity contribution in [3.8, 4) is 0 Å². The molecule has 5 rings (SSSR count). The minimum atomic E-state index is -0.0351. The number of aromatic nitrogens is 3. The van der Waals surface area contributed by atoms with Crippen LogP contribution in [0.4, 0.5) is 11.4 Å². The maximum Gasteiger partial charge on any atom is 0.113 e. The highest BCUT2D eigenvalue weighted by Crippen LogP contribution is 2.45. The molecule has 3 aromatic carbocycles. The minimum absolute atomic E-state index is 0.0351. The van der Waals surface area contributed by atoms with Gasteiger partial charge in [0.25, 0.3) is 0 Å². The van der Waals surface area contributed by atoms with Crippen molar-refractivity contribution in [2.75, 3.05) is 11.9 Å². The molecular weight excluding hydrogens is 332 g/mol. The largest absolute Gasteiger partial charge is 0.344 e. The second-order valence-corrected chi connectivity index (χ2v) is 6.68. The van der Waals surface area contributed by atoms with Crippen molar-refractivity contribution in [3.63, 3.8) is 0 Å². The fraction of sp³-hybridized carbons (Fsp3) is 0.100. The summed E-state index contributed by atoms with van der Waals surface area (Å²) in [6.45, 7) is 0. The summed E-state index contributed by atoms with van der Waals surface area (Å²) in [4.78, 5) is 2.23. The lowest BCUT2D eigenvalue weighted by Crippen LogP contribution is -2.25. The Hall–Kier alpha value is -2.85. The van der Waals surface area contributed by atoms with E-state index in [0.29, 0.717) is 5.02 Å². The van der Waals surface area contributed by atoms with Gasteiger partial charge in [0.15, 0.2) is 0 Å². The zero-order chi connectivity index (χ0) is 17.0. The number of hydrogen-bond acceptors (Lipinski definition) is 3. The molecule has 0 fully saturated rings. The van der Waals surface area contributed by atoms with E-state index in [1.807, 2.05) is 22.9 Å². The van der Waals surface area contributed by atoms with Gasteiger partial charge in [-0.15, -0.1) is 5.10 Å². The number of halogens is 1. The lowest BCUT2D eigenvalue weighted by atomic mass is 9.91. The third-order valence-electron chi connectivity index (χ3n) is 4.86. The standard InChI is InChI=1S/C20H15ClN4/c1-24-17-8-4-2-6-14(17)20(15-7-3-5-9-18(15)24)25-19-12-13(21)10-11-16(19)22-23-25/h2-12,20H,1H3. The average Bonchev–Trinajstić information content (AvgIpc) is 3.05. The van der Waals surface area contributed by atoms with Crippen molar-refractivity contribution >= 4 is 34.0 Å². The van der Waals surface area contributed by atoms with Crippen molar-refractivity contribution in [1.82, 2.24) is 15.0 Å². The van der Waals surface area contributed by atoms with Crippen LogP contribution in [-0.4, -0.2) is 22.0 Å². The summed E-state index contributed by atoms with van der Waals surface area (Å²) in [7, 11) is 2.10. The third-order valence-corrected chi connectivity index (χ3v) is 5.10. The van der Waals surface area contributed by atoms with Crippen LogP contribution < -0.4 is 4.90 Å². The lowest BCUT2D eigenvalue weighted by Gasteiger charge is -2.35. The molecule has 4 aromatic rings. The molecule has 0 atom stereocenters. The fourth-order valence-corrected chi connectivity index (χ4v) is 3.88. The van der Waals surface area contributed by atoms with Crippen molar-refractivity contribution in [3.05, 3.63) is 82.9 Å². The fourth-order valence-electron chi connectivity index (χ4n) is 3.71. The van der Waals surface area contributed by atoms with Crippen molar-refractivity contribution in [1.29, 1.82) is 0 Å². The molecule has 0 aliphatic carbocycles. The maximum atomic E-state index is 6.23. The number of rotatable bonds is 1. The molecule has 0 spiro atoms. The van der Waals surface area contributed by atoms with E-state index in [0.717, 1.165) is 11.0 Å². The molecule has 0 saturated heterocycles. The Morgan fingerprint density at radius 2 is 1.52 bits per heavy atom. The molecule has 0 unspecified atom stereocenters. The van der Waals surface area contributed by atoms with Crippen LogP contribution in [0.15, 0.2) is 66.7 Å². The number of fused-ring (bicyclic) bond motifs is 3. The summed E-state index contributed by atoms with van der Waals surface area (Å²) in [6.07, 6.45) is 0. The highest BCUT2D eigenvalue weighted by molar-refractivity contribution is 6.31. The number of anilines is 2. The zero-order valence-electron chi connectivity index (χ0n) is 13.6. The first-order valence-corrected chi connectivity index (χ1v) is 8.54. The molecule has 25 heavy (non-hydrogen) atoms. The van der Waals surface area contributed by atoms with Gasteiger partial charge in [-0.05, 0) is 30.3 Å². The van der Waals surface area contributed by atoms with Crippen LogP contribution in [0.2, 0.25) is 5.02 Å². The average molecular weight is 347 g/mol. The van der Waals surface area contributed by atoms with Crippen LogP contribution in [0.25, 0.3) is 11.0 Å². The number of benzene rings is 3. The van der Waals surface area contributed by atoms with Crippen LogP contribution in [0.1, 0.15) is 17.2 Å². The monoisotopic (exact) mass is 346 g/mol. The Morgan fingerprint density at radius 1 is 0.880 bits per heavy atom. The van der Waals surface area contributed by atoms with E-state index in [4.69, 9.17) is 11.6 Å². The Kier molecular flexibility index (Phi) is 3.09. The molecule has 4 nitrogen and oxygen atoms in total. The summed E-state index contributed by atoms with van der Waals surface area (Å²) in [6, 6.07) is 22.5.